The van der Waals surface area contributed by atoms with E-state index in [1.54, 1.807) is 41.1 Å². The number of carbonyl (C=O) groups is 4. The van der Waals surface area contributed by atoms with E-state index in [-0.39, 0.29) is 48.5 Å². The third kappa shape index (κ3) is 11.6. The van der Waals surface area contributed by atoms with E-state index in [0.29, 0.717) is 18.6 Å². The topological polar surface area (TPSA) is 176 Å². The summed E-state index contributed by atoms with van der Waals surface area (Å²) >= 11 is 0. The van der Waals surface area contributed by atoms with Crippen molar-refractivity contribution in [1.29, 1.82) is 0 Å². The van der Waals surface area contributed by atoms with Gasteiger partial charge >= 0.3 is 18.0 Å². The molecule has 0 radical (unpaired) electrons. The molecule has 0 N–H and O–H groups in total. The highest BCUT2D eigenvalue weighted by Crippen LogP contribution is 2.49. The molecule has 3 aliphatic heterocycles. The van der Waals surface area contributed by atoms with Crippen molar-refractivity contribution in [2.45, 2.75) is 175 Å². The Morgan fingerprint density at radius 1 is 1.02 bits per heavy atom. The molecule has 16 nitrogen and oxygen atoms in total. The van der Waals surface area contributed by atoms with Crippen LogP contribution in [0.15, 0.2) is 30.4 Å². The van der Waals surface area contributed by atoms with Crippen LogP contribution in [0, 0.1) is 35.5 Å². The van der Waals surface area contributed by atoms with Gasteiger partial charge in [0.25, 0.3) is 0 Å². The summed E-state index contributed by atoms with van der Waals surface area (Å²) in [5, 5.41) is 0. The zero-order chi connectivity index (χ0) is 47.4. The van der Waals surface area contributed by atoms with Crippen molar-refractivity contribution in [2.75, 3.05) is 34.9 Å². The van der Waals surface area contributed by atoms with Crippen LogP contribution < -0.4 is 0 Å². The Bertz CT molecular complexity index is 1730. The molecule has 1 unspecified atom stereocenters. The molecule has 63 heavy (non-hydrogen) atoms. The number of imidazole rings is 1. The summed E-state index contributed by atoms with van der Waals surface area (Å²) in [5.74, 6) is -4.03. The number of allylic oxidation sites excluding steroid dienone is 1. The molecule has 16 heteroatoms. The highest BCUT2D eigenvalue weighted by Gasteiger charge is 2.62. The number of nitrogens with zero attached hydrogens (tertiary/aromatic N) is 3. The first kappa shape index (κ1) is 52.4. The van der Waals surface area contributed by atoms with Crippen LogP contribution in [0.3, 0.4) is 0 Å². The van der Waals surface area contributed by atoms with E-state index in [4.69, 9.17) is 42.6 Å². The SMILES string of the molecule is CC[C@H]1OC(=O)[C@H](C)[C@@H](O[C@@H](C[C@@](C)(OC)[C@]2(C(C)C)CO2)OC)[C@H](C)[C@@H](O[C@@H]2O[C@H](C)C[C@H](N(C)C)[C@H]2OC(C)=O)[C@@H](C)C(C)[C@@H](C)C(=O)/C(C)=C/[C@]1(C)OC(=O)n1ccnc1. The average Bonchev–Trinajstić information content (AvgIpc) is 3.88. The summed E-state index contributed by atoms with van der Waals surface area (Å²) in [6.45, 7) is 24.6. The molecule has 0 saturated carbocycles. The molecular formula is C47H77N3O13. The molecule has 0 spiro atoms. The predicted octanol–water partition coefficient (Wildman–Crippen LogP) is 6.62. The van der Waals surface area contributed by atoms with Crippen LogP contribution in [0.4, 0.5) is 4.79 Å². The first-order valence-electron chi connectivity index (χ1n) is 22.6. The Hall–Kier alpha value is -3.25. The standard InChI is InChI=1S/C47H77N3O13/c1-18-36-45(12,63-44(54)50-20-19-48-25-50)22-27(4)38(52)30(7)29(6)31(8)39(62-43-41(59-34(11)51)35(49(14)15)21-28(5)58-43)32(9)40(33(10)42(53)60-36)61-37(55-16)23-46(13,56-17)47(24-57-47)26(2)3/h19-20,22,25-26,28-33,35-37,39-41,43H,18,21,23-24H2,1-17H3/b27-22+/t28-,29?,30-,31+,32-,33-,35+,36-,37+,39+,40+,41-,43+,45+,46-,47-/m1/s1. The van der Waals surface area contributed by atoms with Gasteiger partial charge in [-0.2, -0.15) is 0 Å². The molecule has 1 aromatic rings. The highest BCUT2D eigenvalue weighted by atomic mass is 16.7. The number of Topliss-reactive ketones (excluding diaryl/α,β-unsaturated/α-hetero) is 1. The minimum absolute atomic E-state index is 0.113. The number of methoxy groups -OCH3 is 2. The van der Waals surface area contributed by atoms with E-state index < -0.39 is 89.6 Å². The smallest absolute Gasteiger partial charge is 0.420 e. The van der Waals surface area contributed by atoms with E-state index >= 15 is 0 Å². The Labute approximate surface area is 375 Å². The normalized spacial score (nSPS) is 38.2. The number of aromatic nitrogens is 2. The van der Waals surface area contributed by atoms with Crippen molar-refractivity contribution in [3.8, 4) is 0 Å². The lowest BCUT2D eigenvalue weighted by Gasteiger charge is -2.47. The number of carbonyl (C=O) groups excluding carboxylic acids is 4. The van der Waals surface area contributed by atoms with E-state index in [1.165, 1.54) is 30.2 Å². The van der Waals surface area contributed by atoms with Crippen molar-refractivity contribution in [3.63, 3.8) is 0 Å². The number of hydrogen-bond acceptors (Lipinski definition) is 15. The van der Waals surface area contributed by atoms with Gasteiger partial charge in [-0.25, -0.2) is 14.3 Å². The molecule has 2 fully saturated rings. The maximum Gasteiger partial charge on any atom is 0.420 e. The minimum Gasteiger partial charge on any atom is -0.457 e. The molecular weight excluding hydrogens is 815 g/mol. The van der Waals surface area contributed by atoms with Gasteiger partial charge in [-0.1, -0.05) is 48.5 Å². The molecule has 3 aliphatic rings. The van der Waals surface area contributed by atoms with Crippen molar-refractivity contribution in [2.24, 2.45) is 35.5 Å². The summed E-state index contributed by atoms with van der Waals surface area (Å²) in [6, 6.07) is -0.232. The van der Waals surface area contributed by atoms with Gasteiger partial charge < -0.3 is 47.5 Å². The van der Waals surface area contributed by atoms with Gasteiger partial charge in [0.05, 0.1) is 36.9 Å². The molecule has 358 valence electrons. The van der Waals surface area contributed by atoms with Crippen LogP contribution in [0.5, 0.6) is 0 Å². The fourth-order valence-corrected chi connectivity index (χ4v) is 9.80. The number of cyclic esters (lactones) is 1. The van der Waals surface area contributed by atoms with Crippen molar-refractivity contribution in [1.82, 2.24) is 14.5 Å². The Morgan fingerprint density at radius 3 is 2.17 bits per heavy atom. The van der Waals surface area contributed by atoms with Gasteiger partial charge in [-0.05, 0) is 91.0 Å². The van der Waals surface area contributed by atoms with Crippen LogP contribution in [-0.4, -0.2) is 139 Å². The van der Waals surface area contributed by atoms with E-state index in [0.717, 1.165) is 0 Å². The van der Waals surface area contributed by atoms with Crippen molar-refractivity contribution < 1.29 is 61.8 Å². The highest BCUT2D eigenvalue weighted by molar-refractivity contribution is 5.96. The van der Waals surface area contributed by atoms with Gasteiger partial charge in [-0.15, -0.1) is 0 Å². The molecule has 0 bridgehead atoms. The second kappa shape index (κ2) is 21.4. The van der Waals surface area contributed by atoms with Gasteiger partial charge in [0.15, 0.2) is 30.1 Å². The van der Waals surface area contributed by atoms with Crippen LogP contribution in [0.1, 0.15) is 109 Å². The Kier molecular flexibility index (Phi) is 17.8. The molecule has 1 aromatic heterocycles. The van der Waals surface area contributed by atoms with Gasteiger partial charge in [0.1, 0.15) is 23.6 Å². The maximum absolute atomic E-state index is 14.8. The van der Waals surface area contributed by atoms with Gasteiger partial charge in [-0.3, -0.25) is 14.4 Å². The first-order valence-corrected chi connectivity index (χ1v) is 22.6. The fourth-order valence-electron chi connectivity index (χ4n) is 9.80. The summed E-state index contributed by atoms with van der Waals surface area (Å²) in [4.78, 5) is 61.4. The molecule has 2 saturated heterocycles. The molecule has 0 aliphatic carbocycles. The maximum atomic E-state index is 14.8. The second-order valence-electron chi connectivity index (χ2n) is 19.2. The van der Waals surface area contributed by atoms with Crippen molar-refractivity contribution >= 4 is 23.8 Å². The number of epoxide rings is 1. The zero-order valence-corrected chi connectivity index (χ0v) is 40.9. The third-order valence-corrected chi connectivity index (χ3v) is 14.3. The lowest BCUT2D eigenvalue weighted by Crippen LogP contribution is -2.58. The lowest BCUT2D eigenvalue weighted by atomic mass is 9.73. The predicted molar refractivity (Wildman–Crippen MR) is 233 cm³/mol. The molecule has 0 amide bonds. The molecule has 4 rings (SSSR count). The van der Waals surface area contributed by atoms with E-state index in [1.807, 2.05) is 67.5 Å². The molecule has 0 aromatic carbocycles. The van der Waals surface area contributed by atoms with E-state index in [9.17, 15) is 19.2 Å². The van der Waals surface area contributed by atoms with E-state index in [2.05, 4.69) is 18.8 Å². The largest absolute Gasteiger partial charge is 0.457 e. The quantitative estimate of drug-likeness (QED) is 0.0843. The summed E-state index contributed by atoms with van der Waals surface area (Å²) in [5.41, 5.74) is -2.66. The Morgan fingerprint density at radius 2 is 1.67 bits per heavy atom. The van der Waals surface area contributed by atoms with Crippen LogP contribution in [-0.2, 0) is 57.0 Å². The fraction of sp³-hybridized carbons (Fsp3) is 0.809. The number of ether oxygens (including phenoxy) is 9. The number of esters is 2. The minimum atomic E-state index is -1.58. The van der Waals surface area contributed by atoms with Crippen LogP contribution in [0.2, 0.25) is 0 Å². The zero-order valence-electron chi connectivity index (χ0n) is 40.9. The average molecular weight is 892 g/mol. The van der Waals surface area contributed by atoms with Crippen LogP contribution in [0.25, 0.3) is 0 Å². The molecule has 4 heterocycles. The van der Waals surface area contributed by atoms with Crippen LogP contribution >= 0.6 is 0 Å². The third-order valence-electron chi connectivity index (χ3n) is 14.3. The number of likely N-dealkylation sites (N-methyl/N-ethyl adjacent to an activating group) is 1. The summed E-state index contributed by atoms with van der Waals surface area (Å²) in [6.07, 6.45) is 0.414. The number of hydrogen-bond donors (Lipinski definition) is 0. The lowest BCUT2D eigenvalue weighted by molar-refractivity contribution is -0.293. The van der Waals surface area contributed by atoms with Crippen molar-refractivity contribution in [3.05, 3.63) is 30.4 Å². The second-order valence-corrected chi connectivity index (χ2v) is 19.2. The van der Waals surface area contributed by atoms with Gasteiger partial charge in [0.2, 0.25) is 0 Å². The number of ketones is 1. The Balaban J connectivity index is 1.90. The summed E-state index contributed by atoms with van der Waals surface area (Å²) in [7, 11) is 7.03. The first-order chi connectivity index (χ1) is 29.4. The monoisotopic (exact) mass is 892 g/mol. The number of rotatable bonds is 14. The van der Waals surface area contributed by atoms with Gasteiger partial charge in [0, 0.05) is 51.8 Å². The summed E-state index contributed by atoms with van der Waals surface area (Å²) < 4.78 is 58.6. The molecule has 16 atom stereocenters.